The molecule has 11 saturated heterocycles. The molecule has 63 nitrogen and oxygen atoms in total. The lowest BCUT2D eigenvalue weighted by molar-refractivity contribution is -0.400. The Morgan fingerprint density at radius 1 is 0.299 bits per heavy atom. The van der Waals surface area contributed by atoms with Crippen LogP contribution in [0.1, 0.15) is 61.8 Å². The average molecular weight is 2100 g/mol. The maximum absolute atomic E-state index is 14.0. The molecule has 11 rings (SSSR count). The summed E-state index contributed by atoms with van der Waals surface area (Å²) < 4.78 is 128. The van der Waals surface area contributed by atoms with Crippen LogP contribution in [0.15, 0.2) is 0 Å². The van der Waals surface area contributed by atoms with Gasteiger partial charge in [-0.05, 0) is 13.8 Å². The number of ether oxygens (including phenoxy) is 21. The van der Waals surface area contributed by atoms with Crippen LogP contribution < -0.4 is 31.9 Å². The van der Waals surface area contributed by atoms with E-state index in [-0.39, 0.29) is 0 Å². The third-order valence-corrected chi connectivity index (χ3v) is 26.3. The topological polar surface area (TPSA) is 972 Å². The number of hydrogen-bond acceptors (Lipinski definition) is 56. The number of aliphatic hydroxyl groups is 28. The van der Waals surface area contributed by atoms with Crippen molar-refractivity contribution in [2.75, 3.05) is 59.5 Å². The summed E-state index contributed by atoms with van der Waals surface area (Å²) in [6, 6.07) is -12.0. The summed E-state index contributed by atoms with van der Waals surface area (Å²) in [4.78, 5) is 92.4. The first-order chi connectivity index (χ1) is 67.8. The first-order valence-electron chi connectivity index (χ1n) is 46.0. The first-order valence-corrected chi connectivity index (χ1v) is 46.0. The first kappa shape index (κ1) is 119. The maximum atomic E-state index is 14.0. The highest BCUT2D eigenvalue weighted by Crippen LogP contribution is 2.44. The number of carbonyl (C=O) groups excluding carboxylic acids is 6. The summed E-state index contributed by atoms with van der Waals surface area (Å²) in [6.45, 7) is -3.22. The van der Waals surface area contributed by atoms with Gasteiger partial charge in [-0.3, -0.25) is 28.8 Å². The van der Waals surface area contributed by atoms with E-state index in [0.29, 0.717) is 0 Å². The standard InChI is InChI=1S/C81H134N6O57/c1-19-43(103)54(114)57(117)75(126-19)140-66-42(87-26(8)100)74(139-64-41(86-25(7)99)70(121)128-36(49(64)109)18-125-81(80(122)123)9-27(101)37(82-21(3)95)65(144-81)45(105)28(102)10-88)134-34(16-94)63(66)138-78-60(120)67(141-73-40(85-24(6)98)53(113)61(33(15-93)133-73)136-77-59(119)56(116)47(107)30(12-90)130-77)50(110)35(135-78)17-124-71-39(84-23(5)97)52(112)62(32(14-92)132-71)137-79-69(143-76-58(118)55(115)44(104)20(2)127-76)68(48(108)31(13-91)131-79)142-72-38(83-22(4)96)51(111)46(106)29(11-89)129-72/h19-20,27-79,88-94,101-121H,9-18H2,1-8H3,(H,82,95)(H,83,96)(H,84,97)(H,85,98)(H,86,99)(H,87,100)(H,122,123)/t19-,20-,27-,28+,29+,30+,31+,32+,33+,34+,35+,36+,37+,38+,39+,40+,41+,42+,43+,44+,45+,46-,47-,48-,49-,50-,51+,52+,53+,54+,55+,56-,57-,58-,59+,60+,61+,62+,63+,64+,65+,66+,67-,68-,69+,70+,71+,72+,73-,74-,75-,76-,77-,78-,79-,81+/m0/s1. The summed E-state index contributed by atoms with van der Waals surface area (Å²) in [5.74, 6) is -11.3. The molecule has 0 unspecified atom stereocenters. The van der Waals surface area contributed by atoms with E-state index in [9.17, 15) is 182 Å². The molecule has 56 atom stereocenters. The molecule has 35 N–H and O–H groups in total. The molecule has 63 heteroatoms. The van der Waals surface area contributed by atoms with Crippen LogP contribution in [0.5, 0.6) is 0 Å². The van der Waals surface area contributed by atoms with Gasteiger partial charge in [0.05, 0.1) is 83.8 Å². The fourth-order valence-corrected chi connectivity index (χ4v) is 18.7. The minimum atomic E-state index is -3.18. The number of amides is 6. The summed E-state index contributed by atoms with van der Waals surface area (Å²) in [5.41, 5.74) is 0. The number of carbonyl (C=O) groups is 7. The molecule has 0 aromatic carbocycles. The molecular weight excluding hydrogens is 1970 g/mol. The molecular formula is C81H134N6O57. The molecule has 830 valence electrons. The van der Waals surface area contributed by atoms with Gasteiger partial charge in [-0.2, -0.15) is 0 Å². The van der Waals surface area contributed by atoms with Crippen LogP contribution in [0.3, 0.4) is 0 Å². The molecule has 11 aliphatic rings. The van der Waals surface area contributed by atoms with Gasteiger partial charge in [-0.15, -0.1) is 0 Å². The molecule has 11 heterocycles. The second kappa shape index (κ2) is 51.2. The number of carboxylic acid groups (broad SMARTS) is 1. The monoisotopic (exact) mass is 2100 g/mol. The predicted octanol–water partition coefficient (Wildman–Crippen LogP) is -22.9. The van der Waals surface area contributed by atoms with Gasteiger partial charge in [0.15, 0.2) is 62.9 Å². The summed E-state index contributed by atoms with van der Waals surface area (Å²) in [5, 5.41) is 343. The van der Waals surface area contributed by atoms with Crippen molar-refractivity contribution >= 4 is 41.4 Å². The van der Waals surface area contributed by atoms with Gasteiger partial charge in [0, 0.05) is 48.0 Å². The summed E-state index contributed by atoms with van der Waals surface area (Å²) in [6.07, 6.45) is -108. The molecule has 0 spiro atoms. The highest BCUT2D eigenvalue weighted by Gasteiger charge is 2.65. The van der Waals surface area contributed by atoms with E-state index < -0.39 is 450 Å². The van der Waals surface area contributed by atoms with Crippen molar-refractivity contribution in [2.24, 2.45) is 0 Å². The Balaban J connectivity index is 0.967. The Morgan fingerprint density at radius 2 is 0.632 bits per heavy atom. The van der Waals surface area contributed by atoms with Gasteiger partial charge in [0.2, 0.25) is 35.4 Å². The minimum absolute atomic E-state index is 0.846. The molecule has 0 saturated carbocycles. The summed E-state index contributed by atoms with van der Waals surface area (Å²) >= 11 is 0. The van der Waals surface area contributed by atoms with Gasteiger partial charge in [0.25, 0.3) is 5.79 Å². The molecule has 0 aromatic rings. The lowest BCUT2D eigenvalue weighted by atomic mass is 9.88. The van der Waals surface area contributed by atoms with E-state index in [0.717, 1.165) is 48.5 Å². The zero-order chi connectivity index (χ0) is 106. The lowest BCUT2D eigenvalue weighted by Crippen LogP contribution is -2.72. The maximum Gasteiger partial charge on any atom is 0.364 e. The van der Waals surface area contributed by atoms with E-state index in [4.69, 9.17) is 99.5 Å². The smallest absolute Gasteiger partial charge is 0.364 e. The highest BCUT2D eigenvalue weighted by molar-refractivity contribution is 5.77. The fourth-order valence-electron chi connectivity index (χ4n) is 18.7. The Bertz CT molecular complexity index is 4120. The molecule has 6 amide bonds. The van der Waals surface area contributed by atoms with Crippen LogP contribution in [-0.2, 0) is 133 Å². The predicted molar refractivity (Wildman–Crippen MR) is 446 cm³/mol. The SMILES string of the molecule is CC(=O)N[C@@H]1[C@@H](O[C@@H]2O[C@H](CO)[C@@H](O[C@@H]3O[C@H](CO[C@@H]4O[C@H](CO)[C@@H](O[C@@H]5O[C@H](CO)[C@H](O)[C@H](O[C@H]6O[C@H](CO)[C@H](O)[C@H](O)[C@H]6NC(C)=O)[C@H]5O[C@@H]5O[C@@H](C)[C@@H](O)[C@@H](O)[C@@H]5O)[C@H](O)[C@H]4NC(C)=O)[C@H](O)[C@H](O[C@@H]4O[C@H](CO)[C@@H](O[C@@H]5O[C@H](CO)[C@H](O)[C@H](O)[C@H]5O)[C@H](O)[C@H]4NC(C)=O)[C@H]3O)[C@H](O[C@@H]3O[C@@H](C)[C@@H](O)[C@@H](O)[C@@H]3O)[C@H]2NC(C)=O)[C@@H](O)[C@@H](CO[C@]2(C(=O)O)C[C@H](O)[C@@H](NC(C)=O)[C@H]([C@H](O)[C@H](O)CO)O2)O[C@H]1O. The van der Waals surface area contributed by atoms with E-state index in [1.807, 2.05) is 0 Å². The van der Waals surface area contributed by atoms with Gasteiger partial charge < -0.3 is 279 Å². The van der Waals surface area contributed by atoms with Crippen molar-refractivity contribution in [3.05, 3.63) is 0 Å². The Kier molecular flexibility index (Phi) is 42.1. The van der Waals surface area contributed by atoms with Crippen molar-refractivity contribution in [1.82, 2.24) is 31.9 Å². The van der Waals surface area contributed by atoms with E-state index in [2.05, 4.69) is 31.9 Å². The zero-order valence-electron chi connectivity index (χ0n) is 78.2. The largest absolute Gasteiger partial charge is 0.477 e. The van der Waals surface area contributed by atoms with Crippen LogP contribution in [0, 0.1) is 0 Å². The van der Waals surface area contributed by atoms with Crippen LogP contribution >= 0.6 is 0 Å². The van der Waals surface area contributed by atoms with Crippen molar-refractivity contribution in [1.29, 1.82) is 0 Å². The van der Waals surface area contributed by atoms with Gasteiger partial charge >= 0.3 is 5.97 Å². The summed E-state index contributed by atoms with van der Waals surface area (Å²) in [7, 11) is 0. The van der Waals surface area contributed by atoms with Gasteiger partial charge in [-0.25, -0.2) is 4.79 Å². The van der Waals surface area contributed by atoms with E-state index >= 15 is 0 Å². The Hall–Kier alpha value is -5.67. The number of aliphatic carboxylic acids is 1. The quantitative estimate of drug-likeness (QED) is 0.0273. The molecule has 144 heavy (non-hydrogen) atoms. The average Bonchev–Trinajstić information content (AvgIpc) is 0.750. The number of aliphatic hydroxyl groups excluding tert-OH is 28. The minimum Gasteiger partial charge on any atom is -0.477 e. The highest BCUT2D eigenvalue weighted by atomic mass is 16.8. The van der Waals surface area contributed by atoms with Crippen LogP contribution in [0.2, 0.25) is 0 Å². The Labute approximate surface area is 816 Å². The van der Waals surface area contributed by atoms with Crippen LogP contribution in [0.4, 0.5) is 0 Å². The fraction of sp³-hybridized carbons (Fsp3) is 0.914. The number of nitrogens with one attached hydrogen (secondary N) is 6. The molecule has 11 fully saturated rings. The molecule has 0 bridgehead atoms. The van der Waals surface area contributed by atoms with Crippen molar-refractivity contribution in [2.45, 2.75) is 405 Å². The number of carboxylic acids is 1. The normalized spacial score (nSPS) is 47.5. The number of rotatable bonds is 38. The third-order valence-electron chi connectivity index (χ3n) is 26.3. The second-order valence-corrected chi connectivity index (χ2v) is 36.7. The van der Waals surface area contributed by atoms with Crippen molar-refractivity contribution in [3.63, 3.8) is 0 Å². The second-order valence-electron chi connectivity index (χ2n) is 36.7. The molecule has 0 aromatic heterocycles. The third kappa shape index (κ3) is 26.4. The van der Waals surface area contributed by atoms with Crippen molar-refractivity contribution < 1.29 is 281 Å². The van der Waals surface area contributed by atoms with Crippen LogP contribution in [0.25, 0.3) is 0 Å². The zero-order valence-corrected chi connectivity index (χ0v) is 78.2. The van der Waals surface area contributed by atoms with Gasteiger partial charge in [-0.1, -0.05) is 0 Å². The lowest BCUT2D eigenvalue weighted by Gasteiger charge is -2.52. The van der Waals surface area contributed by atoms with Crippen LogP contribution in [-0.4, -0.2) is 592 Å². The number of hydrogen-bond donors (Lipinski definition) is 35. The van der Waals surface area contributed by atoms with E-state index in [1.165, 1.54) is 6.92 Å². The molecule has 11 aliphatic heterocycles. The van der Waals surface area contributed by atoms with E-state index in [1.54, 1.807) is 0 Å². The molecule has 0 radical (unpaired) electrons. The van der Waals surface area contributed by atoms with Gasteiger partial charge in [0.1, 0.15) is 250 Å². The van der Waals surface area contributed by atoms with Crippen molar-refractivity contribution in [3.8, 4) is 0 Å². The Morgan fingerprint density at radius 3 is 1.12 bits per heavy atom. The molecule has 0 aliphatic carbocycles.